The summed E-state index contributed by atoms with van der Waals surface area (Å²) in [5, 5.41) is 7.94. The zero-order valence-corrected chi connectivity index (χ0v) is 13.3. The Labute approximate surface area is 126 Å². The molecule has 1 saturated carbocycles. The van der Waals surface area contributed by atoms with Crippen LogP contribution in [0.25, 0.3) is 0 Å². The summed E-state index contributed by atoms with van der Waals surface area (Å²) in [4.78, 5) is 3.47. The van der Waals surface area contributed by atoms with Crippen molar-refractivity contribution in [2.24, 2.45) is 5.73 Å². The molecule has 0 aromatic heterocycles. The number of rotatable bonds is 5. The summed E-state index contributed by atoms with van der Waals surface area (Å²) in [6.45, 7) is 2.13. The van der Waals surface area contributed by atoms with E-state index in [-0.39, 0.29) is 5.84 Å². The van der Waals surface area contributed by atoms with Gasteiger partial charge in [-0.3, -0.25) is 5.41 Å². The van der Waals surface area contributed by atoms with Crippen LogP contribution in [0.3, 0.4) is 0 Å². The molecule has 1 aliphatic rings. The second-order valence-corrected chi connectivity index (χ2v) is 6.71. The maximum Gasteiger partial charge on any atom is 0.126 e. The minimum Gasteiger partial charge on any atom is -0.384 e. The molecule has 0 atom stereocenters. The first kappa shape index (κ1) is 15.2. The Hall–Kier alpha value is -1.16. The first-order valence-corrected chi connectivity index (χ1v) is 8.46. The summed E-state index contributed by atoms with van der Waals surface area (Å²) in [7, 11) is 2.15. The minimum absolute atomic E-state index is 0.180. The fraction of sp³-hybridized carbons (Fsp3) is 0.562. The summed E-state index contributed by atoms with van der Waals surface area (Å²) in [6, 6.07) is 6.84. The molecule has 110 valence electrons. The van der Waals surface area contributed by atoms with E-state index in [9.17, 15) is 0 Å². The van der Waals surface area contributed by atoms with Gasteiger partial charge in [0.25, 0.3) is 0 Å². The Morgan fingerprint density at radius 1 is 1.35 bits per heavy atom. The van der Waals surface area contributed by atoms with Crippen LogP contribution < -0.4 is 10.6 Å². The van der Waals surface area contributed by atoms with Crippen molar-refractivity contribution in [1.29, 1.82) is 5.41 Å². The third kappa shape index (κ3) is 3.29. The lowest BCUT2D eigenvalue weighted by molar-refractivity contribution is 0.427. The third-order valence-electron chi connectivity index (χ3n) is 4.08. The van der Waals surface area contributed by atoms with Gasteiger partial charge in [0.15, 0.2) is 0 Å². The minimum atomic E-state index is 0.180. The van der Waals surface area contributed by atoms with Gasteiger partial charge in [0.2, 0.25) is 0 Å². The van der Waals surface area contributed by atoms with Crippen molar-refractivity contribution in [3.05, 3.63) is 23.8 Å². The normalized spacial score (nSPS) is 16.1. The fourth-order valence-corrected chi connectivity index (χ4v) is 3.87. The molecular weight excluding hydrogens is 266 g/mol. The molecule has 1 fully saturated rings. The van der Waals surface area contributed by atoms with E-state index in [0.717, 1.165) is 21.9 Å². The van der Waals surface area contributed by atoms with Crippen LogP contribution in [-0.4, -0.2) is 24.7 Å². The Balaban J connectivity index is 2.33. The second-order valence-electron chi connectivity index (χ2n) is 5.40. The lowest BCUT2D eigenvalue weighted by Crippen LogP contribution is -2.35. The molecule has 4 heteroatoms. The van der Waals surface area contributed by atoms with Crippen molar-refractivity contribution < 1.29 is 0 Å². The number of nitrogens with one attached hydrogen (secondary N) is 1. The van der Waals surface area contributed by atoms with Crippen molar-refractivity contribution in [3.8, 4) is 0 Å². The van der Waals surface area contributed by atoms with Gasteiger partial charge in [-0.05, 0) is 30.7 Å². The standard InChI is InChI=1S/C16H25N3S/c1-3-20-14-11-7-10-13(15(14)16(17)18)19(2)12-8-5-4-6-9-12/h7,10-12H,3-6,8-9H2,1-2H3,(H3,17,18). The van der Waals surface area contributed by atoms with Gasteiger partial charge in [-0.1, -0.05) is 32.3 Å². The molecule has 1 aromatic rings. The van der Waals surface area contributed by atoms with E-state index < -0.39 is 0 Å². The zero-order valence-electron chi connectivity index (χ0n) is 12.5. The van der Waals surface area contributed by atoms with Crippen LogP contribution in [0.1, 0.15) is 44.6 Å². The van der Waals surface area contributed by atoms with Crippen molar-refractivity contribution in [2.45, 2.75) is 50.0 Å². The molecule has 0 amide bonds. The van der Waals surface area contributed by atoms with E-state index >= 15 is 0 Å². The number of amidine groups is 1. The van der Waals surface area contributed by atoms with E-state index in [1.165, 1.54) is 32.1 Å². The molecule has 2 rings (SSSR count). The Morgan fingerprint density at radius 2 is 2.05 bits per heavy atom. The SMILES string of the molecule is CCSc1cccc(N(C)C2CCCCC2)c1C(=N)N. The van der Waals surface area contributed by atoms with E-state index in [2.05, 4.69) is 37.1 Å². The summed E-state index contributed by atoms with van der Waals surface area (Å²) in [5.41, 5.74) is 7.88. The molecule has 1 aromatic carbocycles. The fourth-order valence-electron chi connectivity index (χ4n) is 3.02. The number of anilines is 1. The summed E-state index contributed by atoms with van der Waals surface area (Å²) < 4.78 is 0. The molecule has 3 N–H and O–H groups in total. The van der Waals surface area contributed by atoms with Gasteiger partial charge in [0, 0.05) is 23.7 Å². The van der Waals surface area contributed by atoms with E-state index in [0.29, 0.717) is 6.04 Å². The van der Waals surface area contributed by atoms with E-state index in [1.54, 1.807) is 11.8 Å². The number of benzene rings is 1. The van der Waals surface area contributed by atoms with Crippen LogP contribution in [0.4, 0.5) is 5.69 Å². The van der Waals surface area contributed by atoms with Crippen molar-refractivity contribution in [1.82, 2.24) is 0 Å². The van der Waals surface area contributed by atoms with Crippen molar-refractivity contribution in [3.63, 3.8) is 0 Å². The largest absolute Gasteiger partial charge is 0.384 e. The van der Waals surface area contributed by atoms with Gasteiger partial charge in [-0.25, -0.2) is 0 Å². The molecule has 0 bridgehead atoms. The van der Waals surface area contributed by atoms with Gasteiger partial charge >= 0.3 is 0 Å². The monoisotopic (exact) mass is 291 g/mol. The van der Waals surface area contributed by atoms with Crippen LogP contribution in [0, 0.1) is 5.41 Å². The van der Waals surface area contributed by atoms with Crippen LogP contribution in [0.2, 0.25) is 0 Å². The summed E-state index contributed by atoms with van der Waals surface area (Å²) in [6.07, 6.45) is 6.48. The Kier molecular flexibility index (Phi) is 5.35. The quantitative estimate of drug-likeness (QED) is 0.492. The highest BCUT2D eigenvalue weighted by molar-refractivity contribution is 7.99. The second kappa shape index (κ2) is 7.02. The molecule has 0 aliphatic heterocycles. The smallest absolute Gasteiger partial charge is 0.126 e. The third-order valence-corrected chi connectivity index (χ3v) is 5.02. The maximum absolute atomic E-state index is 7.94. The lowest BCUT2D eigenvalue weighted by Gasteiger charge is -2.34. The zero-order chi connectivity index (χ0) is 14.5. The van der Waals surface area contributed by atoms with E-state index in [4.69, 9.17) is 11.1 Å². The van der Waals surface area contributed by atoms with Gasteiger partial charge in [-0.2, -0.15) is 0 Å². The lowest BCUT2D eigenvalue weighted by atomic mass is 9.93. The van der Waals surface area contributed by atoms with Crippen LogP contribution in [-0.2, 0) is 0 Å². The van der Waals surface area contributed by atoms with Crippen molar-refractivity contribution >= 4 is 23.3 Å². The molecule has 0 saturated heterocycles. The van der Waals surface area contributed by atoms with Crippen molar-refractivity contribution in [2.75, 3.05) is 17.7 Å². The topological polar surface area (TPSA) is 53.1 Å². The Morgan fingerprint density at radius 3 is 2.65 bits per heavy atom. The van der Waals surface area contributed by atoms with E-state index in [1.807, 2.05) is 0 Å². The molecule has 0 heterocycles. The summed E-state index contributed by atoms with van der Waals surface area (Å²) in [5.74, 6) is 1.18. The number of nitrogens with zero attached hydrogens (tertiary/aromatic N) is 1. The number of hydrogen-bond donors (Lipinski definition) is 2. The predicted molar refractivity (Wildman–Crippen MR) is 89.1 cm³/mol. The molecule has 0 spiro atoms. The number of hydrogen-bond acceptors (Lipinski definition) is 3. The molecule has 1 aliphatic carbocycles. The molecular formula is C16H25N3S. The maximum atomic E-state index is 7.94. The number of nitrogen functional groups attached to an aromatic ring is 1. The molecule has 3 nitrogen and oxygen atoms in total. The molecule has 20 heavy (non-hydrogen) atoms. The van der Waals surface area contributed by atoms with Gasteiger partial charge in [0.1, 0.15) is 5.84 Å². The van der Waals surface area contributed by atoms with Gasteiger partial charge in [0.05, 0.1) is 5.56 Å². The molecule has 0 radical (unpaired) electrons. The summed E-state index contributed by atoms with van der Waals surface area (Å²) >= 11 is 1.76. The van der Waals surface area contributed by atoms with Crippen LogP contribution >= 0.6 is 11.8 Å². The first-order chi connectivity index (χ1) is 9.65. The molecule has 0 unspecified atom stereocenters. The predicted octanol–water partition coefficient (Wildman–Crippen LogP) is 3.85. The highest BCUT2D eigenvalue weighted by atomic mass is 32.2. The van der Waals surface area contributed by atoms with Gasteiger partial charge < -0.3 is 10.6 Å². The van der Waals surface area contributed by atoms with Gasteiger partial charge in [-0.15, -0.1) is 11.8 Å². The average Bonchev–Trinajstić information content (AvgIpc) is 2.47. The Bertz CT molecular complexity index is 467. The highest BCUT2D eigenvalue weighted by Crippen LogP contribution is 2.33. The average molecular weight is 291 g/mol. The van der Waals surface area contributed by atoms with Crippen LogP contribution in [0.15, 0.2) is 23.1 Å². The number of nitrogens with two attached hydrogens (primary N) is 1. The number of thioether (sulfide) groups is 1. The highest BCUT2D eigenvalue weighted by Gasteiger charge is 2.22. The van der Waals surface area contributed by atoms with Crippen LogP contribution in [0.5, 0.6) is 0 Å². The first-order valence-electron chi connectivity index (χ1n) is 7.48.